The zero-order valence-corrected chi connectivity index (χ0v) is 18.4. The highest BCUT2D eigenvalue weighted by Crippen LogP contribution is 2.34. The van der Waals surface area contributed by atoms with Gasteiger partial charge in [0.15, 0.2) is 0 Å². The third kappa shape index (κ3) is 5.35. The summed E-state index contributed by atoms with van der Waals surface area (Å²) < 4.78 is 0. The van der Waals surface area contributed by atoms with E-state index in [-0.39, 0.29) is 9.52 Å². The first kappa shape index (κ1) is 19.0. The predicted molar refractivity (Wildman–Crippen MR) is 120 cm³/mol. The summed E-state index contributed by atoms with van der Waals surface area (Å²) in [6.45, 7) is 0. The quantitative estimate of drug-likeness (QED) is 0.495. The van der Waals surface area contributed by atoms with E-state index < -0.39 is 0 Å². The van der Waals surface area contributed by atoms with E-state index in [0.29, 0.717) is 0 Å². The largest absolute Gasteiger partial charge is 0.0617 e. The van der Waals surface area contributed by atoms with Crippen LogP contribution < -0.4 is 0 Å². The van der Waals surface area contributed by atoms with Gasteiger partial charge in [-0.3, -0.25) is 0 Å². The molecule has 0 amide bonds. The van der Waals surface area contributed by atoms with Crippen LogP contribution in [0.3, 0.4) is 0 Å². The minimum absolute atomic E-state index is 0.0740. The third-order valence-corrected chi connectivity index (χ3v) is 8.85. The second-order valence-corrected chi connectivity index (χ2v) is 10.7. The van der Waals surface area contributed by atoms with Gasteiger partial charge in [0.25, 0.3) is 0 Å². The fourth-order valence-corrected chi connectivity index (χ4v) is 6.99. The highest BCUT2D eigenvalue weighted by Gasteiger charge is 2.16. The van der Waals surface area contributed by atoms with Crippen LogP contribution in [-0.4, -0.2) is 9.52 Å². The van der Waals surface area contributed by atoms with Crippen molar-refractivity contribution in [1.82, 2.24) is 0 Å². The van der Waals surface area contributed by atoms with Crippen molar-refractivity contribution in [2.75, 3.05) is 0 Å². The Bertz CT molecular complexity index is 646. The molecule has 1 heteroatoms. The van der Waals surface area contributed by atoms with Gasteiger partial charge >= 0.3 is 0 Å². The molecule has 144 valence electrons. The molecule has 4 rings (SSSR count). The van der Waals surface area contributed by atoms with Crippen LogP contribution in [0.15, 0.2) is 48.5 Å². The summed E-state index contributed by atoms with van der Waals surface area (Å²) in [7, 11) is -0.0740. The van der Waals surface area contributed by atoms with Crippen LogP contribution in [0.5, 0.6) is 0 Å². The monoisotopic (exact) mass is 376 g/mol. The van der Waals surface area contributed by atoms with E-state index in [1.54, 1.807) is 22.3 Å². The Balaban J connectivity index is 1.32. The predicted octanol–water partition coefficient (Wildman–Crippen LogP) is 6.65. The molecule has 0 bridgehead atoms. The van der Waals surface area contributed by atoms with E-state index in [0.717, 1.165) is 11.8 Å². The summed E-state index contributed by atoms with van der Waals surface area (Å²) in [5.74, 6) is 1.68. The fourth-order valence-electron chi connectivity index (χ4n) is 5.37. The van der Waals surface area contributed by atoms with E-state index >= 15 is 0 Å². The number of hydrogen-bond donors (Lipinski definition) is 0. The van der Waals surface area contributed by atoms with Crippen LogP contribution in [-0.2, 0) is 12.1 Å². The normalized spacial score (nSPS) is 19.3. The van der Waals surface area contributed by atoms with Crippen molar-refractivity contribution in [1.29, 1.82) is 0 Å². The molecule has 2 fully saturated rings. The number of hydrogen-bond acceptors (Lipinski definition) is 0. The van der Waals surface area contributed by atoms with Gasteiger partial charge in [-0.1, -0.05) is 98.2 Å². The Morgan fingerprint density at radius 2 is 1.04 bits per heavy atom. The summed E-state index contributed by atoms with van der Waals surface area (Å²) in [6.07, 6.45) is 14.3. The third-order valence-electron chi connectivity index (χ3n) is 6.99. The SMILES string of the molecule is c1cc(C[SiH2]Cc2cccc(C3CCCCC3)c2)cc(C2CCCCC2)c1. The van der Waals surface area contributed by atoms with E-state index in [9.17, 15) is 0 Å². The van der Waals surface area contributed by atoms with Crippen molar-refractivity contribution in [2.24, 2.45) is 0 Å². The average Bonchev–Trinajstić information content (AvgIpc) is 2.75. The van der Waals surface area contributed by atoms with Crippen LogP contribution >= 0.6 is 0 Å². The minimum Gasteiger partial charge on any atom is -0.0617 e. The summed E-state index contributed by atoms with van der Waals surface area (Å²) in [5, 5.41) is 0. The summed E-state index contributed by atoms with van der Waals surface area (Å²) >= 11 is 0. The van der Waals surface area contributed by atoms with Gasteiger partial charge in [0, 0.05) is 9.52 Å². The molecule has 0 aromatic heterocycles. The lowest BCUT2D eigenvalue weighted by Gasteiger charge is -2.22. The highest BCUT2D eigenvalue weighted by molar-refractivity contribution is 6.34. The first-order chi connectivity index (χ1) is 13.4. The smallest absolute Gasteiger partial charge is 0.0296 e. The Morgan fingerprint density at radius 1 is 0.593 bits per heavy atom. The molecule has 2 aliphatic carbocycles. The van der Waals surface area contributed by atoms with E-state index in [1.807, 2.05) is 0 Å². The Labute approximate surface area is 168 Å². The highest BCUT2D eigenvalue weighted by atomic mass is 28.2. The summed E-state index contributed by atoms with van der Waals surface area (Å²) in [4.78, 5) is 0. The zero-order valence-electron chi connectivity index (χ0n) is 17.0. The lowest BCUT2D eigenvalue weighted by atomic mass is 9.84. The first-order valence-electron chi connectivity index (χ1n) is 11.6. The molecule has 2 aromatic rings. The fraction of sp³-hybridized carbons (Fsp3) is 0.538. The molecule has 0 radical (unpaired) electrons. The van der Waals surface area contributed by atoms with Gasteiger partial charge in [-0.25, -0.2) is 0 Å². The lowest BCUT2D eigenvalue weighted by Crippen LogP contribution is -2.07. The summed E-state index contributed by atoms with van der Waals surface area (Å²) in [5.41, 5.74) is 6.46. The Morgan fingerprint density at radius 3 is 1.48 bits per heavy atom. The van der Waals surface area contributed by atoms with Crippen LogP contribution in [0.25, 0.3) is 0 Å². The zero-order chi connectivity index (χ0) is 18.3. The molecule has 0 nitrogen and oxygen atoms in total. The molecule has 0 saturated heterocycles. The van der Waals surface area contributed by atoms with E-state index in [2.05, 4.69) is 48.5 Å². The van der Waals surface area contributed by atoms with Gasteiger partial charge in [-0.15, -0.1) is 0 Å². The second kappa shape index (κ2) is 9.73. The van der Waals surface area contributed by atoms with Crippen molar-refractivity contribution >= 4 is 9.52 Å². The van der Waals surface area contributed by atoms with Gasteiger partial charge in [0.05, 0.1) is 0 Å². The molecule has 2 aromatic carbocycles. The second-order valence-electron chi connectivity index (χ2n) is 9.01. The van der Waals surface area contributed by atoms with Crippen molar-refractivity contribution in [3.8, 4) is 0 Å². The maximum atomic E-state index is 2.54. The molecule has 0 unspecified atom stereocenters. The lowest BCUT2D eigenvalue weighted by molar-refractivity contribution is 0.443. The average molecular weight is 377 g/mol. The van der Waals surface area contributed by atoms with E-state index in [4.69, 9.17) is 0 Å². The first-order valence-corrected chi connectivity index (χ1v) is 13.6. The van der Waals surface area contributed by atoms with Crippen molar-refractivity contribution in [3.63, 3.8) is 0 Å². The van der Waals surface area contributed by atoms with Crippen molar-refractivity contribution in [2.45, 2.75) is 88.1 Å². The van der Waals surface area contributed by atoms with Crippen LogP contribution in [0.4, 0.5) is 0 Å². The number of benzene rings is 2. The molecule has 2 aliphatic rings. The van der Waals surface area contributed by atoms with Gasteiger partial charge in [0.1, 0.15) is 0 Å². The maximum absolute atomic E-state index is 2.54. The van der Waals surface area contributed by atoms with Crippen molar-refractivity contribution < 1.29 is 0 Å². The minimum atomic E-state index is -0.0740. The molecular formula is C26H36Si. The molecule has 0 aliphatic heterocycles. The van der Waals surface area contributed by atoms with Gasteiger partial charge in [-0.05, 0) is 60.7 Å². The molecule has 2 saturated carbocycles. The maximum Gasteiger partial charge on any atom is 0.0296 e. The van der Waals surface area contributed by atoms with Gasteiger partial charge in [0.2, 0.25) is 0 Å². The van der Waals surface area contributed by atoms with Crippen LogP contribution in [0.1, 0.15) is 98.3 Å². The number of rotatable bonds is 6. The molecule has 0 spiro atoms. The molecule has 0 N–H and O–H groups in total. The molecule has 0 heterocycles. The van der Waals surface area contributed by atoms with Gasteiger partial charge in [-0.2, -0.15) is 0 Å². The van der Waals surface area contributed by atoms with E-state index in [1.165, 1.54) is 76.3 Å². The summed E-state index contributed by atoms with van der Waals surface area (Å²) in [6, 6.07) is 21.9. The molecule has 27 heavy (non-hydrogen) atoms. The van der Waals surface area contributed by atoms with Crippen LogP contribution in [0.2, 0.25) is 0 Å². The Kier molecular flexibility index (Phi) is 6.85. The Hall–Kier alpha value is -1.34. The van der Waals surface area contributed by atoms with Crippen LogP contribution in [0, 0.1) is 0 Å². The molecular weight excluding hydrogens is 340 g/mol. The molecule has 0 atom stereocenters. The van der Waals surface area contributed by atoms with Gasteiger partial charge < -0.3 is 0 Å². The van der Waals surface area contributed by atoms with Crippen molar-refractivity contribution in [3.05, 3.63) is 70.8 Å². The topological polar surface area (TPSA) is 0 Å². The standard InChI is InChI=1S/C26H36Si/c1-3-11-23(12-4-1)25-15-7-9-21(17-25)19-27-20-22-10-8-16-26(18-22)24-13-5-2-6-14-24/h7-10,15-18,23-24H,1-6,11-14,19-20,27H2.